The normalized spacial score (nSPS) is 11.4. The quantitative estimate of drug-likeness (QED) is 0.539. The Labute approximate surface area is 131 Å². The van der Waals surface area contributed by atoms with Gasteiger partial charge in [0, 0.05) is 11.8 Å². The molecule has 3 heterocycles. The highest BCUT2D eigenvalue weighted by atomic mass is 35.5. The lowest BCUT2D eigenvalue weighted by Crippen LogP contribution is -1.99. The molecule has 0 saturated heterocycles. The van der Waals surface area contributed by atoms with Gasteiger partial charge < -0.3 is 0 Å². The molecule has 0 bridgehead atoms. The van der Waals surface area contributed by atoms with E-state index in [0.717, 1.165) is 28.0 Å². The maximum atomic E-state index is 6.36. The van der Waals surface area contributed by atoms with Gasteiger partial charge in [-0.1, -0.05) is 23.2 Å². The Morgan fingerprint density at radius 1 is 1.05 bits per heavy atom. The summed E-state index contributed by atoms with van der Waals surface area (Å²) in [5.74, 6) is 0.679. The van der Waals surface area contributed by atoms with Gasteiger partial charge in [0.25, 0.3) is 0 Å². The Kier molecular flexibility index (Phi) is 2.84. The monoisotopic (exact) mass is 309 g/mol. The van der Waals surface area contributed by atoms with Crippen LogP contribution in [-0.4, -0.2) is 24.6 Å². The third-order valence-corrected chi connectivity index (χ3v) is 3.95. The first-order valence-electron chi connectivity index (χ1n) is 6.88. The molecular formula is C16H12ClN5. The molecule has 0 saturated carbocycles. The summed E-state index contributed by atoms with van der Waals surface area (Å²) in [5, 5.41) is 9.23. The number of aryl methyl sites for hydroxylation is 2. The van der Waals surface area contributed by atoms with Crippen LogP contribution in [0.3, 0.4) is 0 Å². The highest BCUT2D eigenvalue weighted by Crippen LogP contribution is 2.29. The molecule has 0 spiro atoms. The third-order valence-electron chi connectivity index (χ3n) is 3.62. The van der Waals surface area contributed by atoms with E-state index in [2.05, 4.69) is 20.2 Å². The average molecular weight is 310 g/mol. The van der Waals surface area contributed by atoms with Gasteiger partial charge in [-0.15, -0.1) is 10.2 Å². The molecule has 0 aliphatic carbocycles. The van der Waals surface area contributed by atoms with Crippen molar-refractivity contribution < 1.29 is 0 Å². The third kappa shape index (κ3) is 1.86. The molecular weight excluding hydrogens is 298 g/mol. The lowest BCUT2D eigenvalue weighted by atomic mass is 10.1. The van der Waals surface area contributed by atoms with Crippen LogP contribution in [0.2, 0.25) is 5.02 Å². The van der Waals surface area contributed by atoms with Crippen molar-refractivity contribution in [3.63, 3.8) is 0 Å². The van der Waals surface area contributed by atoms with Crippen molar-refractivity contribution in [2.45, 2.75) is 13.8 Å². The minimum absolute atomic E-state index is 0.637. The fourth-order valence-corrected chi connectivity index (χ4v) is 2.78. The van der Waals surface area contributed by atoms with Crippen molar-refractivity contribution in [2.24, 2.45) is 0 Å². The number of fused-ring (bicyclic) bond motifs is 3. The second kappa shape index (κ2) is 4.74. The molecule has 4 rings (SSSR count). The molecule has 0 atom stereocenters. The Hall–Kier alpha value is -2.53. The molecule has 0 N–H and O–H groups in total. The zero-order valence-corrected chi connectivity index (χ0v) is 12.8. The van der Waals surface area contributed by atoms with Gasteiger partial charge in [-0.25, -0.2) is 9.97 Å². The van der Waals surface area contributed by atoms with Crippen molar-refractivity contribution >= 4 is 28.4 Å². The fraction of sp³-hybridized carbons (Fsp3) is 0.125. The van der Waals surface area contributed by atoms with E-state index < -0.39 is 0 Å². The van der Waals surface area contributed by atoms with E-state index in [1.807, 2.05) is 48.6 Å². The molecule has 1 aromatic carbocycles. The Balaban J connectivity index is 2.18. The van der Waals surface area contributed by atoms with Crippen molar-refractivity contribution in [3.05, 3.63) is 52.8 Å². The van der Waals surface area contributed by atoms with Crippen LogP contribution in [0.4, 0.5) is 0 Å². The van der Waals surface area contributed by atoms with Gasteiger partial charge in [-0.05, 0) is 38.1 Å². The predicted molar refractivity (Wildman–Crippen MR) is 86.0 cm³/mol. The largest absolute Gasteiger partial charge is 0.255 e. The average Bonchev–Trinajstić information content (AvgIpc) is 2.95. The van der Waals surface area contributed by atoms with Gasteiger partial charge in [-0.2, -0.15) is 0 Å². The molecule has 0 aliphatic rings. The number of nitrogens with zero attached hydrogens (tertiary/aromatic N) is 5. The maximum Gasteiger partial charge on any atom is 0.184 e. The van der Waals surface area contributed by atoms with E-state index in [4.69, 9.17) is 11.6 Å². The summed E-state index contributed by atoms with van der Waals surface area (Å²) in [5.41, 5.74) is 4.98. The van der Waals surface area contributed by atoms with Gasteiger partial charge in [0.1, 0.15) is 5.52 Å². The smallest absolute Gasteiger partial charge is 0.184 e. The van der Waals surface area contributed by atoms with E-state index in [9.17, 15) is 0 Å². The number of hydrogen-bond donors (Lipinski definition) is 0. The summed E-state index contributed by atoms with van der Waals surface area (Å²) in [6.07, 6.45) is 1.74. The van der Waals surface area contributed by atoms with Crippen molar-refractivity contribution in [1.29, 1.82) is 0 Å². The van der Waals surface area contributed by atoms with Gasteiger partial charge in [0.2, 0.25) is 0 Å². The van der Waals surface area contributed by atoms with Crippen LogP contribution < -0.4 is 0 Å². The van der Waals surface area contributed by atoms with Crippen molar-refractivity contribution in [3.8, 4) is 11.4 Å². The van der Waals surface area contributed by atoms with Gasteiger partial charge >= 0.3 is 0 Å². The van der Waals surface area contributed by atoms with Gasteiger partial charge in [0.05, 0.1) is 10.7 Å². The fourth-order valence-electron chi connectivity index (χ4n) is 2.58. The molecule has 0 unspecified atom stereocenters. The van der Waals surface area contributed by atoms with Crippen LogP contribution in [0.5, 0.6) is 0 Å². The zero-order valence-electron chi connectivity index (χ0n) is 12.1. The molecule has 6 heteroatoms. The molecule has 0 fully saturated rings. The Morgan fingerprint density at radius 2 is 1.91 bits per heavy atom. The lowest BCUT2D eigenvalue weighted by molar-refractivity contribution is 1.11. The summed E-state index contributed by atoms with van der Waals surface area (Å²) in [6.45, 7) is 3.93. The summed E-state index contributed by atoms with van der Waals surface area (Å²) >= 11 is 6.36. The number of halogens is 1. The highest BCUT2D eigenvalue weighted by molar-refractivity contribution is 6.33. The Morgan fingerprint density at radius 3 is 2.77 bits per heavy atom. The van der Waals surface area contributed by atoms with Crippen molar-refractivity contribution in [1.82, 2.24) is 24.6 Å². The van der Waals surface area contributed by atoms with E-state index in [1.54, 1.807) is 6.20 Å². The van der Waals surface area contributed by atoms with Crippen molar-refractivity contribution in [2.75, 3.05) is 0 Å². The standard InChI is InChI=1S/C16H12ClN5/c1-9-5-6-12(17)11(8-9)15-21-20-14-10(2)19-13-4-3-7-18-16(13)22(14)15/h3-8H,1-2H3. The van der Waals surface area contributed by atoms with Crippen LogP contribution in [0.25, 0.3) is 28.2 Å². The number of aromatic nitrogens is 5. The summed E-state index contributed by atoms with van der Waals surface area (Å²) < 4.78 is 1.92. The topological polar surface area (TPSA) is 56.0 Å². The van der Waals surface area contributed by atoms with E-state index >= 15 is 0 Å². The molecule has 5 nitrogen and oxygen atoms in total. The zero-order chi connectivity index (χ0) is 15.3. The van der Waals surface area contributed by atoms with Gasteiger partial charge in [-0.3, -0.25) is 4.40 Å². The summed E-state index contributed by atoms with van der Waals surface area (Å²) in [6, 6.07) is 9.64. The van der Waals surface area contributed by atoms with E-state index in [0.29, 0.717) is 16.5 Å². The van der Waals surface area contributed by atoms with Gasteiger partial charge in [0.15, 0.2) is 17.1 Å². The molecule has 108 valence electrons. The first kappa shape index (κ1) is 13.2. The number of hydrogen-bond acceptors (Lipinski definition) is 4. The maximum absolute atomic E-state index is 6.36. The summed E-state index contributed by atoms with van der Waals surface area (Å²) in [7, 11) is 0. The summed E-state index contributed by atoms with van der Waals surface area (Å²) in [4.78, 5) is 8.97. The molecule has 3 aromatic heterocycles. The van der Waals surface area contributed by atoms with Crippen LogP contribution in [0.1, 0.15) is 11.3 Å². The van der Waals surface area contributed by atoms with Crippen LogP contribution in [0, 0.1) is 13.8 Å². The molecule has 22 heavy (non-hydrogen) atoms. The molecule has 0 aliphatic heterocycles. The van der Waals surface area contributed by atoms with Crippen LogP contribution >= 0.6 is 11.6 Å². The Bertz CT molecular complexity index is 1020. The lowest BCUT2D eigenvalue weighted by Gasteiger charge is -2.07. The first-order valence-corrected chi connectivity index (χ1v) is 7.26. The second-order valence-corrected chi connectivity index (χ2v) is 5.62. The SMILES string of the molecule is Cc1ccc(Cl)c(-c2nnc3c(C)nc4cccnc4n23)c1. The van der Waals surface area contributed by atoms with Crippen LogP contribution in [-0.2, 0) is 0 Å². The molecule has 4 aromatic rings. The number of pyridine rings is 1. The first-order chi connectivity index (χ1) is 10.6. The molecule has 0 radical (unpaired) electrons. The van der Waals surface area contributed by atoms with E-state index in [-0.39, 0.29) is 0 Å². The number of rotatable bonds is 1. The second-order valence-electron chi connectivity index (χ2n) is 5.21. The van der Waals surface area contributed by atoms with Crippen LogP contribution in [0.15, 0.2) is 36.5 Å². The highest BCUT2D eigenvalue weighted by Gasteiger charge is 2.17. The predicted octanol–water partition coefficient (Wildman–Crippen LogP) is 3.61. The van der Waals surface area contributed by atoms with E-state index in [1.165, 1.54) is 0 Å². The number of benzene rings is 1. The minimum Gasteiger partial charge on any atom is -0.255 e. The minimum atomic E-state index is 0.637. The molecule has 0 amide bonds.